The Balaban J connectivity index is 0.000000318. The fourth-order valence-corrected chi connectivity index (χ4v) is 4.34. The predicted octanol–water partition coefficient (Wildman–Crippen LogP) is 3.37. The van der Waals surface area contributed by atoms with Gasteiger partial charge in [0.05, 0.1) is 12.3 Å². The quantitative estimate of drug-likeness (QED) is 0.752. The molecule has 0 aromatic carbocycles. The van der Waals surface area contributed by atoms with Crippen molar-refractivity contribution in [1.29, 1.82) is 0 Å². The topological polar surface area (TPSA) is 106 Å². The number of halogens is 3. The van der Waals surface area contributed by atoms with Crippen LogP contribution >= 0.6 is 11.3 Å². The number of aromatic nitrogens is 2. The number of ether oxygens (including phenoxy) is 1. The van der Waals surface area contributed by atoms with Gasteiger partial charge in [-0.25, -0.2) is 9.78 Å². The number of carbonyl (C=O) groups is 2. The van der Waals surface area contributed by atoms with Gasteiger partial charge in [-0.3, -0.25) is 4.79 Å². The summed E-state index contributed by atoms with van der Waals surface area (Å²) in [6.45, 7) is 5.22. The van der Waals surface area contributed by atoms with Gasteiger partial charge in [0.1, 0.15) is 22.4 Å². The Kier molecular flexibility index (Phi) is 6.46. The number of hydrogen-bond donors (Lipinski definition) is 1. The van der Waals surface area contributed by atoms with Crippen LogP contribution in [0.15, 0.2) is 16.1 Å². The highest BCUT2D eigenvalue weighted by Crippen LogP contribution is 2.41. The number of piperidine rings is 1. The molecule has 2 saturated heterocycles. The fraction of sp³-hybridized carbons (Fsp3) is 0.556. The molecule has 0 aliphatic carbocycles. The van der Waals surface area contributed by atoms with Crippen LogP contribution in [0, 0.1) is 19.8 Å². The largest absolute Gasteiger partial charge is 0.490 e. The minimum absolute atomic E-state index is 0.00995. The smallest absolute Gasteiger partial charge is 0.475 e. The van der Waals surface area contributed by atoms with Gasteiger partial charge in [-0.2, -0.15) is 13.2 Å². The number of nitrogens with zero attached hydrogens (tertiary/aromatic N) is 3. The summed E-state index contributed by atoms with van der Waals surface area (Å²) in [4.78, 5) is 27.9. The van der Waals surface area contributed by atoms with E-state index >= 15 is 0 Å². The first-order chi connectivity index (χ1) is 14.1. The minimum atomic E-state index is -5.08. The summed E-state index contributed by atoms with van der Waals surface area (Å²) in [6, 6.07) is 0. The molecule has 3 atom stereocenters. The van der Waals surface area contributed by atoms with Crippen molar-refractivity contribution in [1.82, 2.24) is 15.0 Å². The molecule has 2 fully saturated rings. The van der Waals surface area contributed by atoms with Gasteiger partial charge >= 0.3 is 12.1 Å². The van der Waals surface area contributed by atoms with Crippen LogP contribution in [0.1, 0.15) is 45.8 Å². The van der Waals surface area contributed by atoms with Crippen molar-refractivity contribution >= 4 is 23.2 Å². The Morgan fingerprint density at radius 2 is 2.03 bits per heavy atom. The van der Waals surface area contributed by atoms with Crippen molar-refractivity contribution in [2.45, 2.75) is 45.1 Å². The molecule has 2 aromatic rings. The Labute approximate surface area is 173 Å². The molecule has 30 heavy (non-hydrogen) atoms. The lowest BCUT2D eigenvalue weighted by Crippen LogP contribution is -2.44. The molecule has 164 valence electrons. The number of fused-ring (bicyclic) bond motifs is 1. The monoisotopic (exact) mass is 447 g/mol. The number of aryl methyl sites for hydroxylation is 2. The fourth-order valence-electron chi connectivity index (χ4n) is 3.50. The van der Waals surface area contributed by atoms with Crippen molar-refractivity contribution in [3.63, 3.8) is 0 Å². The summed E-state index contributed by atoms with van der Waals surface area (Å²) in [5.74, 6) is -1.79. The number of carboxylic acids is 1. The molecule has 0 radical (unpaired) electrons. The molecular weight excluding hydrogens is 427 g/mol. The summed E-state index contributed by atoms with van der Waals surface area (Å²) >= 11 is 1.66. The van der Waals surface area contributed by atoms with Crippen LogP contribution in [0.25, 0.3) is 0 Å². The Morgan fingerprint density at radius 3 is 2.57 bits per heavy atom. The van der Waals surface area contributed by atoms with Crippen LogP contribution in [-0.2, 0) is 9.53 Å². The second-order valence-electron chi connectivity index (χ2n) is 7.12. The van der Waals surface area contributed by atoms with Gasteiger partial charge in [0.2, 0.25) is 0 Å². The van der Waals surface area contributed by atoms with Gasteiger partial charge in [0, 0.05) is 30.1 Å². The number of carbonyl (C=O) groups excluding carboxylic acids is 1. The molecular formula is C18H20F3N3O5S. The van der Waals surface area contributed by atoms with Gasteiger partial charge < -0.3 is 19.3 Å². The Morgan fingerprint density at radius 1 is 1.33 bits per heavy atom. The molecule has 2 aromatic heterocycles. The SMILES string of the molecule is Cc1csc([C@H]2C[C@H]3CN(C(=O)c4cnoc4C)CC[C@@H]3O2)n1.O=C(O)C(F)(F)F. The van der Waals surface area contributed by atoms with Crippen LogP contribution in [0.2, 0.25) is 0 Å². The first-order valence-electron chi connectivity index (χ1n) is 9.14. The molecule has 12 heteroatoms. The van der Waals surface area contributed by atoms with E-state index in [9.17, 15) is 18.0 Å². The summed E-state index contributed by atoms with van der Waals surface area (Å²) in [6.07, 6.45) is -1.45. The summed E-state index contributed by atoms with van der Waals surface area (Å²) in [5, 5.41) is 13.9. The lowest BCUT2D eigenvalue weighted by molar-refractivity contribution is -0.192. The third kappa shape index (κ3) is 4.98. The van der Waals surface area contributed by atoms with Gasteiger partial charge in [0.15, 0.2) is 0 Å². The number of carboxylic acid groups (broad SMARTS) is 1. The van der Waals surface area contributed by atoms with Crippen molar-refractivity contribution in [3.05, 3.63) is 33.6 Å². The number of rotatable bonds is 2. The zero-order chi connectivity index (χ0) is 22.1. The summed E-state index contributed by atoms with van der Waals surface area (Å²) < 4.78 is 42.9. The normalized spacial score (nSPS) is 23.5. The van der Waals surface area contributed by atoms with Crippen molar-refractivity contribution in [2.75, 3.05) is 13.1 Å². The zero-order valence-corrected chi connectivity index (χ0v) is 17.0. The third-order valence-electron chi connectivity index (χ3n) is 4.94. The Hall–Kier alpha value is -2.47. The highest BCUT2D eigenvalue weighted by Gasteiger charge is 2.42. The van der Waals surface area contributed by atoms with E-state index in [4.69, 9.17) is 19.2 Å². The average molecular weight is 447 g/mol. The van der Waals surface area contributed by atoms with Gasteiger partial charge in [-0.05, 0) is 26.7 Å². The zero-order valence-electron chi connectivity index (χ0n) is 16.2. The van der Waals surface area contributed by atoms with Crippen LogP contribution in [0.4, 0.5) is 13.2 Å². The van der Waals surface area contributed by atoms with E-state index in [1.807, 2.05) is 11.8 Å². The van der Waals surface area contributed by atoms with Gasteiger partial charge in [0.25, 0.3) is 5.91 Å². The minimum Gasteiger partial charge on any atom is -0.475 e. The maximum absolute atomic E-state index is 12.6. The van der Waals surface area contributed by atoms with E-state index in [1.54, 1.807) is 18.3 Å². The number of amides is 1. The van der Waals surface area contributed by atoms with E-state index in [1.165, 1.54) is 6.20 Å². The summed E-state index contributed by atoms with van der Waals surface area (Å²) in [7, 11) is 0. The van der Waals surface area contributed by atoms with E-state index in [0.29, 0.717) is 23.8 Å². The number of aliphatic carboxylic acids is 1. The maximum atomic E-state index is 12.6. The maximum Gasteiger partial charge on any atom is 0.490 e. The molecule has 0 bridgehead atoms. The van der Waals surface area contributed by atoms with Crippen LogP contribution in [0.3, 0.4) is 0 Å². The first kappa shape index (κ1) is 22.2. The molecule has 0 spiro atoms. The summed E-state index contributed by atoms with van der Waals surface area (Å²) in [5.41, 5.74) is 1.61. The van der Waals surface area contributed by atoms with E-state index in [-0.39, 0.29) is 18.1 Å². The van der Waals surface area contributed by atoms with Gasteiger partial charge in [-0.15, -0.1) is 11.3 Å². The van der Waals surface area contributed by atoms with E-state index in [0.717, 1.165) is 30.1 Å². The van der Waals surface area contributed by atoms with Crippen LogP contribution in [0.5, 0.6) is 0 Å². The van der Waals surface area contributed by atoms with Crippen LogP contribution in [-0.4, -0.2) is 57.4 Å². The molecule has 4 rings (SSSR count). The molecule has 2 aliphatic heterocycles. The van der Waals surface area contributed by atoms with E-state index < -0.39 is 12.1 Å². The van der Waals surface area contributed by atoms with Gasteiger partial charge in [-0.1, -0.05) is 5.16 Å². The second kappa shape index (κ2) is 8.72. The lowest BCUT2D eigenvalue weighted by atomic mass is 9.92. The molecule has 0 saturated carbocycles. The van der Waals surface area contributed by atoms with Crippen molar-refractivity contribution < 1.29 is 37.1 Å². The molecule has 8 nitrogen and oxygen atoms in total. The van der Waals surface area contributed by atoms with E-state index in [2.05, 4.69) is 15.5 Å². The Bertz CT molecular complexity index is 913. The highest BCUT2D eigenvalue weighted by atomic mass is 32.1. The number of thiazole rings is 1. The van der Waals surface area contributed by atoms with Crippen molar-refractivity contribution in [3.8, 4) is 0 Å². The molecule has 0 unspecified atom stereocenters. The second-order valence-corrected chi connectivity index (χ2v) is 8.01. The standard InChI is InChI=1S/C16H19N3O3S.C2HF3O2/c1-9-8-23-15(18-9)14-5-11-7-19(4-3-13(11)21-14)16(20)12-6-17-22-10(12)2;3-2(4,5)1(6)7/h6,8,11,13-14H,3-5,7H2,1-2H3;(H,6,7)/t11-,13-,14+;/m0./s1. The number of alkyl halides is 3. The highest BCUT2D eigenvalue weighted by molar-refractivity contribution is 7.09. The van der Waals surface area contributed by atoms with Crippen LogP contribution < -0.4 is 0 Å². The molecule has 1 amide bonds. The first-order valence-corrected chi connectivity index (χ1v) is 10.0. The molecule has 1 N–H and O–H groups in total. The number of likely N-dealkylation sites (tertiary alicyclic amines) is 1. The molecule has 4 heterocycles. The molecule has 2 aliphatic rings. The van der Waals surface area contributed by atoms with Crippen molar-refractivity contribution in [2.24, 2.45) is 5.92 Å². The third-order valence-corrected chi connectivity index (χ3v) is 6.00. The average Bonchev–Trinajstić information content (AvgIpc) is 3.39. The number of hydrogen-bond acceptors (Lipinski definition) is 7. The predicted molar refractivity (Wildman–Crippen MR) is 98.0 cm³/mol. The lowest BCUT2D eigenvalue weighted by Gasteiger charge is -2.33.